The third kappa shape index (κ3) is 2.38. The lowest BCUT2D eigenvalue weighted by atomic mass is 10.3. The SMILES string of the molecule is Cc1noc([C@H](C)NC(=O)c2cccn2C2CC2)n1. The van der Waals surface area contributed by atoms with Crippen molar-refractivity contribution < 1.29 is 9.32 Å². The Kier molecular flexibility index (Phi) is 2.85. The van der Waals surface area contributed by atoms with E-state index in [2.05, 4.69) is 15.5 Å². The van der Waals surface area contributed by atoms with Crippen molar-refractivity contribution in [1.29, 1.82) is 0 Å². The van der Waals surface area contributed by atoms with Crippen molar-refractivity contribution in [3.05, 3.63) is 35.7 Å². The molecule has 6 heteroatoms. The number of carbonyl (C=O) groups excluding carboxylic acids is 1. The predicted molar refractivity (Wildman–Crippen MR) is 67.6 cm³/mol. The molecule has 0 bridgehead atoms. The number of amides is 1. The van der Waals surface area contributed by atoms with E-state index in [9.17, 15) is 4.79 Å². The summed E-state index contributed by atoms with van der Waals surface area (Å²) >= 11 is 0. The summed E-state index contributed by atoms with van der Waals surface area (Å²) in [4.78, 5) is 16.3. The van der Waals surface area contributed by atoms with Crippen LogP contribution in [0.25, 0.3) is 0 Å². The first-order valence-electron chi connectivity index (χ1n) is 6.43. The second-order valence-electron chi connectivity index (χ2n) is 4.91. The van der Waals surface area contributed by atoms with Crippen LogP contribution >= 0.6 is 0 Å². The summed E-state index contributed by atoms with van der Waals surface area (Å²) < 4.78 is 7.08. The molecule has 1 aliphatic carbocycles. The third-order valence-corrected chi connectivity index (χ3v) is 3.21. The summed E-state index contributed by atoms with van der Waals surface area (Å²) in [5, 5.41) is 6.60. The molecule has 1 fully saturated rings. The van der Waals surface area contributed by atoms with Gasteiger partial charge in [-0.05, 0) is 38.8 Å². The normalized spacial score (nSPS) is 16.3. The highest BCUT2D eigenvalue weighted by atomic mass is 16.5. The van der Waals surface area contributed by atoms with Gasteiger partial charge in [0.15, 0.2) is 5.82 Å². The molecule has 2 aromatic rings. The molecule has 2 aromatic heterocycles. The molecule has 1 atom stereocenters. The van der Waals surface area contributed by atoms with Crippen molar-refractivity contribution in [2.24, 2.45) is 0 Å². The summed E-state index contributed by atoms with van der Waals surface area (Å²) in [7, 11) is 0. The van der Waals surface area contributed by atoms with Crippen molar-refractivity contribution in [1.82, 2.24) is 20.0 Å². The van der Waals surface area contributed by atoms with Crippen molar-refractivity contribution in [2.45, 2.75) is 38.8 Å². The summed E-state index contributed by atoms with van der Waals surface area (Å²) in [6.45, 7) is 3.58. The van der Waals surface area contributed by atoms with Crippen LogP contribution in [0.1, 0.15) is 54.1 Å². The minimum Gasteiger partial charge on any atom is -0.340 e. The molecule has 1 amide bonds. The van der Waals surface area contributed by atoms with Gasteiger partial charge in [0.25, 0.3) is 5.91 Å². The molecular formula is C13H16N4O2. The fourth-order valence-electron chi connectivity index (χ4n) is 2.08. The Morgan fingerprint density at radius 3 is 3.00 bits per heavy atom. The maximum absolute atomic E-state index is 12.2. The molecule has 0 aromatic carbocycles. The Morgan fingerprint density at radius 1 is 1.58 bits per heavy atom. The van der Waals surface area contributed by atoms with Crippen molar-refractivity contribution in [3.63, 3.8) is 0 Å². The Labute approximate surface area is 110 Å². The molecule has 0 radical (unpaired) electrons. The van der Waals surface area contributed by atoms with Gasteiger partial charge in [0.1, 0.15) is 11.7 Å². The summed E-state index contributed by atoms with van der Waals surface area (Å²) in [5.74, 6) is 0.882. The quantitative estimate of drug-likeness (QED) is 0.912. The van der Waals surface area contributed by atoms with Crippen molar-refractivity contribution >= 4 is 5.91 Å². The van der Waals surface area contributed by atoms with E-state index in [1.807, 2.05) is 29.8 Å². The second kappa shape index (κ2) is 4.53. The Balaban J connectivity index is 1.72. The van der Waals surface area contributed by atoms with Crippen molar-refractivity contribution in [2.75, 3.05) is 0 Å². The fraction of sp³-hybridized carbons (Fsp3) is 0.462. The van der Waals surface area contributed by atoms with Gasteiger partial charge >= 0.3 is 0 Å². The molecule has 6 nitrogen and oxygen atoms in total. The average molecular weight is 260 g/mol. The number of nitrogens with zero attached hydrogens (tertiary/aromatic N) is 3. The Hall–Kier alpha value is -2.11. The fourth-order valence-corrected chi connectivity index (χ4v) is 2.08. The number of rotatable bonds is 4. The van der Waals surface area contributed by atoms with Crippen LogP contribution in [0.15, 0.2) is 22.9 Å². The summed E-state index contributed by atoms with van der Waals surface area (Å²) in [6, 6.07) is 3.92. The molecule has 1 saturated carbocycles. The van der Waals surface area contributed by atoms with Gasteiger partial charge in [-0.1, -0.05) is 5.16 Å². The number of aryl methyl sites for hydroxylation is 1. The van der Waals surface area contributed by atoms with Crippen LogP contribution in [-0.2, 0) is 0 Å². The van der Waals surface area contributed by atoms with Gasteiger partial charge in [-0.25, -0.2) is 0 Å². The molecule has 0 aliphatic heterocycles. The molecule has 0 spiro atoms. The van der Waals surface area contributed by atoms with Crippen LogP contribution in [-0.4, -0.2) is 20.6 Å². The number of hydrogen-bond acceptors (Lipinski definition) is 4. The van der Waals surface area contributed by atoms with E-state index in [0.29, 0.717) is 23.5 Å². The number of nitrogens with one attached hydrogen (secondary N) is 1. The number of aromatic nitrogens is 3. The molecule has 3 rings (SSSR count). The van der Waals surface area contributed by atoms with Gasteiger partial charge in [0.05, 0.1) is 0 Å². The van der Waals surface area contributed by atoms with Gasteiger partial charge in [-0.3, -0.25) is 4.79 Å². The predicted octanol–water partition coefficient (Wildman–Crippen LogP) is 2.01. The molecule has 19 heavy (non-hydrogen) atoms. The lowest BCUT2D eigenvalue weighted by Crippen LogP contribution is -2.28. The van der Waals surface area contributed by atoms with Gasteiger partial charge in [-0.15, -0.1) is 0 Å². The molecule has 1 N–H and O–H groups in total. The van der Waals surface area contributed by atoms with Crippen LogP contribution in [0, 0.1) is 6.92 Å². The van der Waals surface area contributed by atoms with Crippen LogP contribution in [0.2, 0.25) is 0 Å². The first-order chi connectivity index (χ1) is 9.15. The van der Waals surface area contributed by atoms with Gasteiger partial charge in [-0.2, -0.15) is 4.98 Å². The maximum Gasteiger partial charge on any atom is 0.268 e. The monoisotopic (exact) mass is 260 g/mol. The van der Waals surface area contributed by atoms with E-state index >= 15 is 0 Å². The van der Waals surface area contributed by atoms with E-state index in [1.54, 1.807) is 6.92 Å². The highest BCUT2D eigenvalue weighted by Gasteiger charge is 2.27. The van der Waals surface area contributed by atoms with Crippen LogP contribution < -0.4 is 5.32 Å². The summed E-state index contributed by atoms with van der Waals surface area (Å²) in [6.07, 6.45) is 4.24. The van der Waals surface area contributed by atoms with Gasteiger partial charge in [0, 0.05) is 12.2 Å². The molecule has 0 saturated heterocycles. The van der Waals surface area contributed by atoms with E-state index in [-0.39, 0.29) is 11.9 Å². The second-order valence-corrected chi connectivity index (χ2v) is 4.91. The van der Waals surface area contributed by atoms with Crippen molar-refractivity contribution in [3.8, 4) is 0 Å². The Morgan fingerprint density at radius 2 is 2.37 bits per heavy atom. The van der Waals surface area contributed by atoms with E-state index in [1.165, 1.54) is 0 Å². The number of carbonyl (C=O) groups is 1. The van der Waals surface area contributed by atoms with Crippen LogP contribution in [0.3, 0.4) is 0 Å². The zero-order valence-electron chi connectivity index (χ0n) is 11.0. The minimum atomic E-state index is -0.295. The smallest absolute Gasteiger partial charge is 0.268 e. The standard InChI is InChI=1S/C13H16N4O2/c1-8(13-15-9(2)16-19-13)14-12(18)11-4-3-7-17(11)10-5-6-10/h3-4,7-8,10H,5-6H2,1-2H3,(H,14,18)/t8-/m0/s1. The van der Waals surface area contributed by atoms with Gasteiger partial charge < -0.3 is 14.4 Å². The molecule has 2 heterocycles. The highest BCUT2D eigenvalue weighted by molar-refractivity contribution is 5.93. The third-order valence-electron chi connectivity index (χ3n) is 3.21. The minimum absolute atomic E-state index is 0.111. The van der Waals surface area contributed by atoms with E-state index in [4.69, 9.17) is 4.52 Å². The maximum atomic E-state index is 12.2. The first kappa shape index (κ1) is 12.0. The zero-order chi connectivity index (χ0) is 13.4. The van der Waals surface area contributed by atoms with E-state index < -0.39 is 0 Å². The summed E-state index contributed by atoms with van der Waals surface area (Å²) in [5.41, 5.74) is 0.686. The highest BCUT2D eigenvalue weighted by Crippen LogP contribution is 2.36. The largest absolute Gasteiger partial charge is 0.340 e. The molecule has 100 valence electrons. The molecule has 1 aliphatic rings. The Bertz CT molecular complexity index is 597. The molecule has 0 unspecified atom stereocenters. The molecular weight excluding hydrogens is 244 g/mol. The lowest BCUT2D eigenvalue weighted by Gasteiger charge is -2.11. The van der Waals surface area contributed by atoms with Gasteiger partial charge in [0.2, 0.25) is 5.89 Å². The first-order valence-corrected chi connectivity index (χ1v) is 6.43. The average Bonchev–Trinajstić information content (AvgIpc) is 2.94. The van der Waals surface area contributed by atoms with Crippen LogP contribution in [0.5, 0.6) is 0 Å². The topological polar surface area (TPSA) is 73.0 Å². The van der Waals surface area contributed by atoms with Crippen LogP contribution in [0.4, 0.5) is 0 Å². The zero-order valence-corrected chi connectivity index (χ0v) is 11.0. The number of hydrogen-bond donors (Lipinski definition) is 1. The lowest BCUT2D eigenvalue weighted by molar-refractivity contribution is 0.0923. The van der Waals surface area contributed by atoms with E-state index in [0.717, 1.165) is 12.8 Å².